The van der Waals surface area contributed by atoms with Crippen LogP contribution in [-0.4, -0.2) is 56.9 Å². The van der Waals surface area contributed by atoms with Crippen molar-refractivity contribution in [3.05, 3.63) is 30.1 Å². The van der Waals surface area contributed by atoms with Gasteiger partial charge >= 0.3 is 0 Å². The van der Waals surface area contributed by atoms with E-state index in [9.17, 15) is 14.0 Å². The number of carbonyl (C=O) groups excluding carboxylic acids is 2. The van der Waals surface area contributed by atoms with Gasteiger partial charge in [-0.05, 0) is 37.1 Å². The van der Waals surface area contributed by atoms with Gasteiger partial charge in [-0.25, -0.2) is 4.39 Å². The number of hydrogen-bond donors (Lipinski definition) is 3. The predicted octanol–water partition coefficient (Wildman–Crippen LogP) is 2.20. The molecule has 1 fully saturated rings. The lowest BCUT2D eigenvalue weighted by molar-refractivity contribution is -0.138. The van der Waals surface area contributed by atoms with Crippen LogP contribution in [0, 0.1) is 11.2 Å². The van der Waals surface area contributed by atoms with Crippen molar-refractivity contribution in [2.75, 3.05) is 39.5 Å². The Balaban J connectivity index is 0.00000392. The molecule has 9 heteroatoms. The highest BCUT2D eigenvalue weighted by atomic mass is 127. The molecule has 0 bridgehead atoms. The minimum Gasteiger partial charge on any atom is -0.355 e. The lowest BCUT2D eigenvalue weighted by atomic mass is 9.84. The number of benzene rings is 1. The zero-order valence-electron chi connectivity index (χ0n) is 16.5. The largest absolute Gasteiger partial charge is 0.355 e. The molecule has 156 valence electrons. The maximum absolute atomic E-state index is 12.9. The lowest BCUT2D eigenvalue weighted by Crippen LogP contribution is -2.50. The first-order valence-electron chi connectivity index (χ1n) is 9.08. The van der Waals surface area contributed by atoms with Gasteiger partial charge in [0.15, 0.2) is 5.96 Å². The molecule has 0 unspecified atom stereocenters. The van der Waals surface area contributed by atoms with Gasteiger partial charge in [0.1, 0.15) is 5.82 Å². The predicted molar refractivity (Wildman–Crippen MR) is 119 cm³/mol. The van der Waals surface area contributed by atoms with Crippen LogP contribution in [0.1, 0.15) is 25.7 Å². The third-order valence-corrected chi connectivity index (χ3v) is 4.78. The second kappa shape index (κ2) is 11.2. The molecule has 0 aliphatic heterocycles. The van der Waals surface area contributed by atoms with Crippen molar-refractivity contribution >= 4 is 47.4 Å². The van der Waals surface area contributed by atoms with E-state index in [1.165, 1.54) is 24.3 Å². The highest BCUT2D eigenvalue weighted by Gasteiger charge is 2.42. The van der Waals surface area contributed by atoms with E-state index < -0.39 is 5.41 Å². The molecule has 1 aliphatic carbocycles. The van der Waals surface area contributed by atoms with Gasteiger partial charge in [-0.15, -0.1) is 24.0 Å². The van der Waals surface area contributed by atoms with Crippen molar-refractivity contribution in [3.63, 3.8) is 0 Å². The fraction of sp³-hybridized carbons (Fsp3) is 0.526. The number of nitrogens with one attached hydrogen (secondary N) is 3. The Kier molecular flexibility index (Phi) is 9.63. The van der Waals surface area contributed by atoms with Gasteiger partial charge in [-0.1, -0.05) is 12.8 Å². The summed E-state index contributed by atoms with van der Waals surface area (Å²) in [6.07, 6.45) is 3.76. The zero-order valence-corrected chi connectivity index (χ0v) is 18.9. The Bertz CT molecular complexity index is 688. The Hall–Kier alpha value is -1.91. The van der Waals surface area contributed by atoms with Crippen LogP contribution in [0.4, 0.5) is 10.1 Å². The number of guanidine groups is 1. The number of aliphatic imine (C=N–C) groups is 1. The van der Waals surface area contributed by atoms with Crippen LogP contribution < -0.4 is 16.0 Å². The maximum Gasteiger partial charge on any atom is 0.243 e. The Morgan fingerprint density at radius 1 is 1.14 bits per heavy atom. The van der Waals surface area contributed by atoms with E-state index >= 15 is 0 Å². The molecule has 1 aliphatic rings. The maximum atomic E-state index is 12.9. The van der Waals surface area contributed by atoms with Crippen LogP contribution in [0.2, 0.25) is 0 Å². The highest BCUT2D eigenvalue weighted by Crippen LogP contribution is 2.38. The molecule has 1 aromatic rings. The second-order valence-corrected chi connectivity index (χ2v) is 7.02. The van der Waals surface area contributed by atoms with Gasteiger partial charge in [0, 0.05) is 33.4 Å². The number of carbonyl (C=O) groups is 2. The molecule has 7 nitrogen and oxygen atoms in total. The first-order valence-corrected chi connectivity index (χ1v) is 9.08. The highest BCUT2D eigenvalue weighted by molar-refractivity contribution is 14.0. The molecule has 0 saturated heterocycles. The monoisotopic (exact) mass is 505 g/mol. The molecule has 0 atom stereocenters. The summed E-state index contributed by atoms with van der Waals surface area (Å²) in [6, 6.07) is 5.56. The Labute approximate surface area is 182 Å². The normalized spacial score (nSPS) is 15.4. The molecular formula is C19H29FIN5O2. The van der Waals surface area contributed by atoms with E-state index in [1.54, 1.807) is 26.0 Å². The third-order valence-electron chi connectivity index (χ3n) is 4.78. The summed E-state index contributed by atoms with van der Waals surface area (Å²) < 4.78 is 12.9. The summed E-state index contributed by atoms with van der Waals surface area (Å²) in [5.74, 6) is -0.0487. The van der Waals surface area contributed by atoms with E-state index in [0.717, 1.165) is 25.7 Å². The number of halogens is 2. The lowest BCUT2D eigenvalue weighted by Gasteiger charge is -2.31. The summed E-state index contributed by atoms with van der Waals surface area (Å²) in [5, 5.41) is 8.79. The first kappa shape index (κ1) is 24.1. The average molecular weight is 505 g/mol. The Morgan fingerprint density at radius 2 is 1.75 bits per heavy atom. The van der Waals surface area contributed by atoms with Gasteiger partial charge in [0.05, 0.1) is 12.0 Å². The molecule has 28 heavy (non-hydrogen) atoms. The average Bonchev–Trinajstić information content (AvgIpc) is 3.13. The summed E-state index contributed by atoms with van der Waals surface area (Å²) >= 11 is 0. The first-order chi connectivity index (χ1) is 12.9. The summed E-state index contributed by atoms with van der Waals surface area (Å²) in [5.41, 5.74) is 0.102. The van der Waals surface area contributed by atoms with E-state index in [0.29, 0.717) is 18.2 Å². The van der Waals surface area contributed by atoms with Crippen molar-refractivity contribution in [2.45, 2.75) is 25.7 Å². The molecule has 2 amide bonds. The molecule has 0 aromatic heterocycles. The standard InChI is InChI=1S/C19H28FN5O2.HI/c1-21-18(22-12-16(26)24-15-8-6-14(20)7-9-15)23-13-19(10-4-5-11-19)17(27)25(2)3;/h6-9H,4-5,10-13H2,1-3H3,(H,24,26)(H2,21,22,23);1H. The van der Waals surface area contributed by atoms with Crippen molar-refractivity contribution < 1.29 is 14.0 Å². The van der Waals surface area contributed by atoms with Crippen LogP contribution in [0.15, 0.2) is 29.3 Å². The van der Waals surface area contributed by atoms with E-state index in [1.807, 2.05) is 0 Å². The van der Waals surface area contributed by atoms with Crippen molar-refractivity contribution in [1.82, 2.24) is 15.5 Å². The minimum absolute atomic E-state index is 0. The number of amides is 2. The summed E-state index contributed by atoms with van der Waals surface area (Å²) in [6.45, 7) is 0.481. The summed E-state index contributed by atoms with van der Waals surface area (Å²) in [7, 11) is 5.16. The quantitative estimate of drug-likeness (QED) is 0.315. The van der Waals surface area contributed by atoms with Crippen LogP contribution in [0.25, 0.3) is 0 Å². The van der Waals surface area contributed by atoms with Crippen LogP contribution in [-0.2, 0) is 9.59 Å². The SMILES string of the molecule is CN=C(NCC(=O)Nc1ccc(F)cc1)NCC1(C(=O)N(C)C)CCCC1.I. The topological polar surface area (TPSA) is 85.8 Å². The fourth-order valence-corrected chi connectivity index (χ4v) is 3.37. The Morgan fingerprint density at radius 3 is 2.29 bits per heavy atom. The molecular weight excluding hydrogens is 476 g/mol. The van der Waals surface area contributed by atoms with Crippen molar-refractivity contribution in [3.8, 4) is 0 Å². The van der Waals surface area contributed by atoms with Gasteiger partial charge in [0.25, 0.3) is 0 Å². The molecule has 0 spiro atoms. The molecule has 0 radical (unpaired) electrons. The van der Waals surface area contributed by atoms with Crippen LogP contribution in [0.5, 0.6) is 0 Å². The number of nitrogens with zero attached hydrogens (tertiary/aromatic N) is 2. The second-order valence-electron chi connectivity index (χ2n) is 7.02. The van der Waals surface area contributed by atoms with E-state index in [4.69, 9.17) is 0 Å². The minimum atomic E-state index is -0.419. The van der Waals surface area contributed by atoms with E-state index in [-0.39, 0.29) is 48.2 Å². The fourth-order valence-electron chi connectivity index (χ4n) is 3.37. The summed E-state index contributed by atoms with van der Waals surface area (Å²) in [4.78, 5) is 30.4. The van der Waals surface area contributed by atoms with Crippen molar-refractivity contribution in [1.29, 1.82) is 0 Å². The van der Waals surface area contributed by atoms with Gasteiger partial charge in [-0.2, -0.15) is 0 Å². The van der Waals surface area contributed by atoms with Gasteiger partial charge in [-0.3, -0.25) is 14.6 Å². The van der Waals surface area contributed by atoms with E-state index in [2.05, 4.69) is 20.9 Å². The molecule has 0 heterocycles. The van der Waals surface area contributed by atoms with Crippen LogP contribution in [0.3, 0.4) is 0 Å². The smallest absolute Gasteiger partial charge is 0.243 e. The van der Waals surface area contributed by atoms with Gasteiger partial charge < -0.3 is 20.9 Å². The van der Waals surface area contributed by atoms with Gasteiger partial charge in [0.2, 0.25) is 11.8 Å². The molecule has 1 saturated carbocycles. The van der Waals surface area contributed by atoms with Crippen molar-refractivity contribution in [2.24, 2.45) is 10.4 Å². The third kappa shape index (κ3) is 6.61. The molecule has 3 N–H and O–H groups in total. The molecule has 2 rings (SSSR count). The van der Waals surface area contributed by atoms with Crippen LogP contribution >= 0.6 is 24.0 Å². The number of rotatable bonds is 6. The molecule has 1 aromatic carbocycles. The number of anilines is 1. The number of hydrogen-bond acceptors (Lipinski definition) is 3. The zero-order chi connectivity index (χ0) is 19.9.